The molecular formula is C18H17BrN2O. The maximum atomic E-state index is 12.1. The van der Waals surface area contributed by atoms with Gasteiger partial charge in [-0.3, -0.25) is 4.79 Å². The summed E-state index contributed by atoms with van der Waals surface area (Å²) in [5.41, 5.74) is 3.13. The van der Waals surface area contributed by atoms with Crippen LogP contribution in [0.15, 0.2) is 59.2 Å². The third-order valence-electron chi connectivity index (χ3n) is 3.66. The van der Waals surface area contributed by atoms with Crippen LogP contribution in [0.4, 0.5) is 5.69 Å². The van der Waals surface area contributed by atoms with Crippen LogP contribution in [0.5, 0.6) is 0 Å². The average Bonchev–Trinajstić information content (AvgIpc) is 2.91. The van der Waals surface area contributed by atoms with Crippen LogP contribution in [0.1, 0.15) is 12.0 Å². The van der Waals surface area contributed by atoms with Gasteiger partial charge in [0.25, 0.3) is 0 Å². The summed E-state index contributed by atoms with van der Waals surface area (Å²) in [5, 5.41) is 4.15. The molecule has 0 unspecified atom stereocenters. The standard InChI is InChI=1S/C18H17BrN2O/c1-13-6-7-16(15(19)12-13)20-18(22)9-11-21-10-8-14-4-2-3-5-17(14)21/h2-8,10,12H,9,11H2,1H3,(H,20,22). The number of aryl methyl sites for hydroxylation is 2. The Labute approximate surface area is 138 Å². The third kappa shape index (κ3) is 3.22. The molecule has 2 aromatic carbocycles. The van der Waals surface area contributed by atoms with Gasteiger partial charge in [0.15, 0.2) is 0 Å². The highest BCUT2D eigenvalue weighted by atomic mass is 79.9. The number of benzene rings is 2. The zero-order chi connectivity index (χ0) is 15.5. The molecule has 1 heterocycles. The molecule has 1 amide bonds. The van der Waals surface area contributed by atoms with Crippen molar-refractivity contribution >= 4 is 38.4 Å². The van der Waals surface area contributed by atoms with Crippen molar-refractivity contribution in [3.8, 4) is 0 Å². The predicted molar refractivity (Wildman–Crippen MR) is 94.1 cm³/mol. The summed E-state index contributed by atoms with van der Waals surface area (Å²) >= 11 is 3.48. The molecule has 0 aliphatic rings. The summed E-state index contributed by atoms with van der Waals surface area (Å²) < 4.78 is 3.02. The molecule has 0 radical (unpaired) electrons. The van der Waals surface area contributed by atoms with Crippen molar-refractivity contribution in [2.75, 3.05) is 5.32 Å². The zero-order valence-electron chi connectivity index (χ0n) is 12.3. The first kappa shape index (κ1) is 14.9. The van der Waals surface area contributed by atoms with Gasteiger partial charge in [-0.1, -0.05) is 24.3 Å². The van der Waals surface area contributed by atoms with Gasteiger partial charge in [-0.2, -0.15) is 0 Å². The number of amides is 1. The van der Waals surface area contributed by atoms with Gasteiger partial charge < -0.3 is 9.88 Å². The molecule has 0 saturated carbocycles. The largest absolute Gasteiger partial charge is 0.347 e. The fourth-order valence-corrected chi connectivity index (χ4v) is 3.08. The fraction of sp³-hybridized carbons (Fsp3) is 0.167. The van der Waals surface area contributed by atoms with Crippen LogP contribution in [0.25, 0.3) is 10.9 Å². The van der Waals surface area contributed by atoms with Gasteiger partial charge in [0.05, 0.1) is 5.69 Å². The quantitative estimate of drug-likeness (QED) is 0.719. The zero-order valence-corrected chi connectivity index (χ0v) is 13.9. The van der Waals surface area contributed by atoms with E-state index in [1.807, 2.05) is 43.5 Å². The number of nitrogens with one attached hydrogen (secondary N) is 1. The molecule has 22 heavy (non-hydrogen) atoms. The van der Waals surface area contributed by atoms with Crippen molar-refractivity contribution in [3.05, 3.63) is 64.8 Å². The molecule has 3 rings (SSSR count). The Morgan fingerprint density at radius 3 is 2.82 bits per heavy atom. The minimum absolute atomic E-state index is 0.0161. The lowest BCUT2D eigenvalue weighted by molar-refractivity contribution is -0.116. The Bertz CT molecular complexity index is 823. The molecular weight excluding hydrogens is 340 g/mol. The van der Waals surface area contributed by atoms with Gasteiger partial charge in [0, 0.05) is 29.2 Å². The number of fused-ring (bicyclic) bond motifs is 1. The van der Waals surface area contributed by atoms with E-state index < -0.39 is 0 Å². The Hall–Kier alpha value is -2.07. The molecule has 0 aliphatic carbocycles. The summed E-state index contributed by atoms with van der Waals surface area (Å²) in [5.74, 6) is 0.0161. The van der Waals surface area contributed by atoms with Gasteiger partial charge in [0.2, 0.25) is 5.91 Å². The van der Waals surface area contributed by atoms with Gasteiger partial charge in [-0.05, 0) is 58.1 Å². The second-order valence-corrected chi connectivity index (χ2v) is 6.20. The van der Waals surface area contributed by atoms with Crippen molar-refractivity contribution in [1.29, 1.82) is 0 Å². The van der Waals surface area contributed by atoms with Crippen LogP contribution in [0.2, 0.25) is 0 Å². The molecule has 0 saturated heterocycles. The van der Waals surface area contributed by atoms with Crippen molar-refractivity contribution < 1.29 is 4.79 Å². The van der Waals surface area contributed by atoms with Crippen LogP contribution >= 0.6 is 15.9 Å². The van der Waals surface area contributed by atoms with E-state index in [0.717, 1.165) is 21.2 Å². The highest BCUT2D eigenvalue weighted by Crippen LogP contribution is 2.23. The van der Waals surface area contributed by atoms with E-state index in [-0.39, 0.29) is 5.91 Å². The van der Waals surface area contributed by atoms with E-state index in [1.54, 1.807) is 0 Å². The van der Waals surface area contributed by atoms with E-state index in [9.17, 15) is 4.79 Å². The van der Waals surface area contributed by atoms with Crippen LogP contribution < -0.4 is 5.32 Å². The number of nitrogens with zero attached hydrogens (tertiary/aromatic N) is 1. The molecule has 4 heteroatoms. The molecule has 0 fully saturated rings. The smallest absolute Gasteiger partial charge is 0.226 e. The molecule has 1 aromatic heterocycles. The Morgan fingerprint density at radius 2 is 2.00 bits per heavy atom. The topological polar surface area (TPSA) is 34.0 Å². The van der Waals surface area contributed by atoms with Gasteiger partial charge in [0.1, 0.15) is 0 Å². The Balaban J connectivity index is 1.65. The van der Waals surface area contributed by atoms with E-state index in [1.165, 1.54) is 5.39 Å². The maximum Gasteiger partial charge on any atom is 0.226 e. The fourth-order valence-electron chi connectivity index (χ4n) is 2.49. The van der Waals surface area contributed by atoms with Crippen LogP contribution in [0.3, 0.4) is 0 Å². The summed E-state index contributed by atoms with van der Waals surface area (Å²) in [7, 11) is 0. The number of carbonyl (C=O) groups is 1. The lowest BCUT2D eigenvalue weighted by atomic mass is 10.2. The van der Waals surface area contributed by atoms with Crippen LogP contribution in [0, 0.1) is 6.92 Å². The number of hydrogen-bond acceptors (Lipinski definition) is 1. The van der Waals surface area contributed by atoms with E-state index in [0.29, 0.717) is 13.0 Å². The minimum Gasteiger partial charge on any atom is -0.347 e. The first-order chi connectivity index (χ1) is 10.6. The number of rotatable bonds is 4. The van der Waals surface area contributed by atoms with Crippen molar-refractivity contribution in [1.82, 2.24) is 4.57 Å². The highest BCUT2D eigenvalue weighted by molar-refractivity contribution is 9.10. The molecule has 3 aromatic rings. The molecule has 3 nitrogen and oxygen atoms in total. The van der Waals surface area contributed by atoms with Crippen LogP contribution in [-0.2, 0) is 11.3 Å². The van der Waals surface area contributed by atoms with Crippen LogP contribution in [-0.4, -0.2) is 10.5 Å². The van der Waals surface area contributed by atoms with E-state index >= 15 is 0 Å². The molecule has 1 N–H and O–H groups in total. The number of anilines is 1. The third-order valence-corrected chi connectivity index (χ3v) is 4.31. The SMILES string of the molecule is Cc1ccc(NC(=O)CCn2ccc3ccccc32)c(Br)c1. The highest BCUT2D eigenvalue weighted by Gasteiger charge is 2.07. The second-order valence-electron chi connectivity index (χ2n) is 5.35. The Morgan fingerprint density at radius 1 is 1.18 bits per heavy atom. The number of hydrogen-bond donors (Lipinski definition) is 1. The molecule has 0 aliphatic heterocycles. The van der Waals surface area contributed by atoms with Crippen molar-refractivity contribution in [3.63, 3.8) is 0 Å². The molecule has 112 valence electrons. The van der Waals surface area contributed by atoms with E-state index in [2.05, 4.69) is 44.0 Å². The summed E-state index contributed by atoms with van der Waals surface area (Å²) in [4.78, 5) is 12.1. The first-order valence-electron chi connectivity index (χ1n) is 7.23. The number of halogens is 1. The molecule has 0 spiro atoms. The molecule has 0 atom stereocenters. The van der Waals surface area contributed by atoms with Crippen molar-refractivity contribution in [2.24, 2.45) is 0 Å². The normalized spacial score (nSPS) is 10.8. The predicted octanol–water partition coefficient (Wildman–Crippen LogP) is 4.74. The average molecular weight is 357 g/mol. The van der Waals surface area contributed by atoms with Gasteiger partial charge in [-0.25, -0.2) is 0 Å². The number of carbonyl (C=O) groups excluding carboxylic acids is 1. The maximum absolute atomic E-state index is 12.1. The molecule has 0 bridgehead atoms. The van der Waals surface area contributed by atoms with Gasteiger partial charge >= 0.3 is 0 Å². The number of aromatic nitrogens is 1. The van der Waals surface area contributed by atoms with Gasteiger partial charge in [-0.15, -0.1) is 0 Å². The summed E-state index contributed by atoms with van der Waals surface area (Å²) in [6, 6.07) is 16.2. The second kappa shape index (κ2) is 6.36. The lowest BCUT2D eigenvalue weighted by Crippen LogP contribution is -2.14. The lowest BCUT2D eigenvalue weighted by Gasteiger charge is -2.09. The Kier molecular flexibility index (Phi) is 4.29. The monoisotopic (exact) mass is 356 g/mol. The summed E-state index contributed by atoms with van der Waals surface area (Å²) in [6.07, 6.45) is 2.47. The minimum atomic E-state index is 0.0161. The van der Waals surface area contributed by atoms with E-state index in [4.69, 9.17) is 0 Å². The summed E-state index contributed by atoms with van der Waals surface area (Å²) in [6.45, 7) is 2.69. The number of para-hydroxylation sites is 1. The van der Waals surface area contributed by atoms with Crippen molar-refractivity contribution in [2.45, 2.75) is 19.9 Å². The first-order valence-corrected chi connectivity index (χ1v) is 8.03.